The molecule has 3 N–H and O–H groups in total. The zero-order chi connectivity index (χ0) is 20.5. The number of hydrazine groups is 1. The van der Waals surface area contributed by atoms with E-state index in [1.807, 2.05) is 6.92 Å². The van der Waals surface area contributed by atoms with Crippen molar-refractivity contribution in [3.63, 3.8) is 0 Å². The van der Waals surface area contributed by atoms with E-state index in [4.69, 9.17) is 28.6 Å². The van der Waals surface area contributed by atoms with Crippen LogP contribution in [0.15, 0.2) is 42.5 Å². The zero-order valence-electron chi connectivity index (χ0n) is 15.5. The zero-order valence-corrected chi connectivity index (χ0v) is 17.1. The van der Waals surface area contributed by atoms with Crippen molar-refractivity contribution in [2.75, 3.05) is 12.4 Å². The summed E-state index contributed by atoms with van der Waals surface area (Å²) in [6.45, 7) is 3.46. The first-order valence-corrected chi connectivity index (χ1v) is 9.19. The lowest BCUT2D eigenvalue weighted by molar-refractivity contribution is -0.132. The molecule has 1 saturated heterocycles. The van der Waals surface area contributed by atoms with Crippen molar-refractivity contribution in [2.45, 2.75) is 19.4 Å². The van der Waals surface area contributed by atoms with Gasteiger partial charge in [-0.25, -0.2) is 4.79 Å². The molecule has 3 amide bonds. The number of ether oxygens (including phenoxy) is 1. The first-order valence-electron chi connectivity index (χ1n) is 8.40. The van der Waals surface area contributed by atoms with Crippen LogP contribution >= 0.6 is 23.8 Å². The maximum atomic E-state index is 13.0. The Balaban J connectivity index is 1.78. The van der Waals surface area contributed by atoms with Gasteiger partial charge in [0.2, 0.25) is 0 Å². The number of imide groups is 1. The molecule has 0 aromatic heterocycles. The van der Waals surface area contributed by atoms with E-state index in [0.717, 1.165) is 10.6 Å². The lowest BCUT2D eigenvalue weighted by atomic mass is 9.92. The minimum absolute atomic E-state index is 0.0868. The number of rotatable bonds is 4. The van der Waals surface area contributed by atoms with Gasteiger partial charge in [-0.2, -0.15) is 5.01 Å². The average Bonchev–Trinajstić information content (AvgIpc) is 2.89. The second-order valence-corrected chi connectivity index (χ2v) is 7.22. The topological polar surface area (TPSA) is 82.7 Å². The fourth-order valence-electron chi connectivity index (χ4n) is 2.87. The Hall–Kier alpha value is -2.84. The molecule has 1 aliphatic rings. The Bertz CT molecular complexity index is 968. The Morgan fingerprint density at radius 3 is 2.68 bits per heavy atom. The molecule has 0 unspecified atom stereocenters. The van der Waals surface area contributed by atoms with Crippen LogP contribution < -0.4 is 20.8 Å². The SMILES string of the molecule is COc1cccc([C@]2(C)NC(=O)N(NC(=S)Nc3cccc(Cl)c3C)C2=O)c1. The summed E-state index contributed by atoms with van der Waals surface area (Å²) in [5.74, 6) is 0.0959. The molecule has 2 aromatic carbocycles. The number of halogens is 1. The second kappa shape index (κ2) is 7.65. The molecule has 3 rings (SSSR count). The highest BCUT2D eigenvalue weighted by Gasteiger charge is 2.50. The summed E-state index contributed by atoms with van der Waals surface area (Å²) in [6, 6.07) is 11.7. The maximum absolute atomic E-state index is 13.0. The summed E-state index contributed by atoms with van der Waals surface area (Å²) in [5.41, 5.74) is 3.46. The van der Waals surface area contributed by atoms with Gasteiger partial charge >= 0.3 is 6.03 Å². The van der Waals surface area contributed by atoms with Crippen LogP contribution in [0, 0.1) is 6.92 Å². The van der Waals surface area contributed by atoms with Crippen LogP contribution in [0.2, 0.25) is 5.02 Å². The smallest absolute Gasteiger partial charge is 0.344 e. The molecule has 0 bridgehead atoms. The number of nitrogens with zero attached hydrogens (tertiary/aromatic N) is 1. The van der Waals surface area contributed by atoms with E-state index in [1.165, 1.54) is 7.11 Å². The van der Waals surface area contributed by atoms with Gasteiger partial charge < -0.3 is 15.4 Å². The summed E-state index contributed by atoms with van der Waals surface area (Å²) in [7, 11) is 1.53. The van der Waals surface area contributed by atoms with Gasteiger partial charge in [0.1, 0.15) is 11.3 Å². The Morgan fingerprint density at radius 2 is 1.96 bits per heavy atom. The van der Waals surface area contributed by atoms with Crippen LogP contribution in [0.4, 0.5) is 10.5 Å². The second-order valence-electron chi connectivity index (χ2n) is 6.41. The van der Waals surface area contributed by atoms with E-state index in [0.29, 0.717) is 22.0 Å². The normalized spacial score (nSPS) is 18.6. The lowest BCUT2D eigenvalue weighted by Crippen LogP contribution is -2.49. The predicted octanol–water partition coefficient (Wildman–Crippen LogP) is 3.33. The third-order valence-corrected chi connectivity index (χ3v) is 5.17. The molecule has 0 spiro atoms. The van der Waals surface area contributed by atoms with Crippen LogP contribution in [-0.4, -0.2) is 29.2 Å². The molecule has 1 heterocycles. The van der Waals surface area contributed by atoms with Gasteiger partial charge in [-0.05, 0) is 61.5 Å². The van der Waals surface area contributed by atoms with Crippen LogP contribution in [0.1, 0.15) is 18.1 Å². The first-order chi connectivity index (χ1) is 13.3. The summed E-state index contributed by atoms with van der Waals surface area (Å²) < 4.78 is 5.21. The van der Waals surface area contributed by atoms with E-state index >= 15 is 0 Å². The fraction of sp³-hybridized carbons (Fsp3) is 0.211. The average molecular weight is 419 g/mol. The summed E-state index contributed by atoms with van der Waals surface area (Å²) in [6.07, 6.45) is 0. The number of hydrogen-bond acceptors (Lipinski definition) is 4. The molecule has 7 nitrogen and oxygen atoms in total. The molecule has 9 heteroatoms. The van der Waals surface area contributed by atoms with Gasteiger partial charge in [0, 0.05) is 10.7 Å². The highest BCUT2D eigenvalue weighted by molar-refractivity contribution is 7.80. The molecule has 146 valence electrons. The summed E-state index contributed by atoms with van der Waals surface area (Å²) >= 11 is 11.4. The third kappa shape index (κ3) is 3.61. The van der Waals surface area contributed by atoms with Crippen molar-refractivity contribution in [2.24, 2.45) is 0 Å². The minimum atomic E-state index is -1.25. The highest BCUT2D eigenvalue weighted by Crippen LogP contribution is 2.30. The molecule has 0 radical (unpaired) electrons. The molecule has 0 aliphatic carbocycles. The van der Waals surface area contributed by atoms with Crippen molar-refractivity contribution in [1.29, 1.82) is 0 Å². The van der Waals surface area contributed by atoms with Gasteiger partial charge in [0.05, 0.1) is 7.11 Å². The quantitative estimate of drug-likeness (QED) is 0.522. The number of methoxy groups -OCH3 is 1. The van der Waals surface area contributed by atoms with Crippen LogP contribution in [0.3, 0.4) is 0 Å². The van der Waals surface area contributed by atoms with Gasteiger partial charge in [-0.1, -0.05) is 29.8 Å². The Morgan fingerprint density at radius 1 is 1.25 bits per heavy atom. The number of nitrogens with one attached hydrogen (secondary N) is 3. The van der Waals surface area contributed by atoms with Crippen molar-refractivity contribution < 1.29 is 14.3 Å². The standard InChI is InChI=1S/C19H19ClN4O3S/c1-11-14(20)8-5-9-15(11)21-17(28)23-24-16(25)19(2,22-18(24)26)12-6-4-7-13(10-12)27-3/h4-10H,1-3H3,(H,22,26)(H2,21,23,28)/t19-/m0/s1. The molecule has 0 saturated carbocycles. The number of urea groups is 1. The predicted molar refractivity (Wildman–Crippen MR) is 111 cm³/mol. The lowest BCUT2D eigenvalue weighted by Gasteiger charge is -2.23. The molecule has 1 fully saturated rings. The number of amides is 3. The Labute approximate surface area is 173 Å². The maximum Gasteiger partial charge on any atom is 0.344 e. The van der Waals surface area contributed by atoms with Crippen LogP contribution in [0.25, 0.3) is 0 Å². The Kier molecular flexibility index (Phi) is 5.44. The number of benzene rings is 2. The van der Waals surface area contributed by atoms with E-state index in [-0.39, 0.29) is 5.11 Å². The van der Waals surface area contributed by atoms with E-state index in [2.05, 4.69) is 16.1 Å². The van der Waals surface area contributed by atoms with Crippen molar-refractivity contribution >= 4 is 46.6 Å². The molecule has 1 aliphatic heterocycles. The van der Waals surface area contributed by atoms with Gasteiger partial charge in [-0.3, -0.25) is 10.2 Å². The van der Waals surface area contributed by atoms with Gasteiger partial charge in [-0.15, -0.1) is 0 Å². The van der Waals surface area contributed by atoms with E-state index in [9.17, 15) is 9.59 Å². The first kappa shape index (κ1) is 19.9. The van der Waals surface area contributed by atoms with Crippen LogP contribution in [-0.2, 0) is 10.3 Å². The number of carbonyl (C=O) groups excluding carboxylic acids is 2. The fourth-order valence-corrected chi connectivity index (χ4v) is 3.24. The van der Waals surface area contributed by atoms with Crippen molar-refractivity contribution in [1.82, 2.24) is 15.8 Å². The van der Waals surface area contributed by atoms with Crippen LogP contribution in [0.5, 0.6) is 5.75 Å². The van der Waals surface area contributed by atoms with E-state index < -0.39 is 17.5 Å². The molecule has 1 atom stereocenters. The van der Waals surface area contributed by atoms with Crippen molar-refractivity contribution in [3.8, 4) is 5.75 Å². The molecular formula is C19H19ClN4O3S. The summed E-state index contributed by atoms with van der Waals surface area (Å²) in [4.78, 5) is 25.4. The summed E-state index contributed by atoms with van der Waals surface area (Å²) in [5, 5.41) is 7.16. The number of carbonyl (C=O) groups is 2. The number of anilines is 1. The van der Waals surface area contributed by atoms with Gasteiger partial charge in [0.25, 0.3) is 5.91 Å². The molecule has 2 aromatic rings. The molecular weight excluding hydrogens is 400 g/mol. The van der Waals surface area contributed by atoms with E-state index in [1.54, 1.807) is 49.4 Å². The highest BCUT2D eigenvalue weighted by atomic mass is 35.5. The number of thiocarbonyl (C=S) groups is 1. The monoisotopic (exact) mass is 418 g/mol. The van der Waals surface area contributed by atoms with Crippen molar-refractivity contribution in [3.05, 3.63) is 58.6 Å². The largest absolute Gasteiger partial charge is 0.497 e. The third-order valence-electron chi connectivity index (χ3n) is 4.57. The van der Waals surface area contributed by atoms with Gasteiger partial charge in [0.15, 0.2) is 5.11 Å². The molecule has 28 heavy (non-hydrogen) atoms. The number of hydrogen-bond donors (Lipinski definition) is 3. The minimum Gasteiger partial charge on any atom is -0.497 e.